The summed E-state index contributed by atoms with van der Waals surface area (Å²) in [6, 6.07) is 24.4. The number of hydrogen-bond donors (Lipinski definition) is 0. The quantitative estimate of drug-likeness (QED) is 0.343. The molecule has 7 aromatic rings. The van der Waals surface area contributed by atoms with E-state index in [1.807, 2.05) is 48.5 Å². The number of hydrogen-bond acceptors (Lipinski definition) is 6. The van der Waals surface area contributed by atoms with Crippen molar-refractivity contribution in [3.63, 3.8) is 0 Å². The Bertz CT molecular complexity index is 1550. The summed E-state index contributed by atoms with van der Waals surface area (Å²) in [6.07, 6.45) is 0. The SMILES string of the molecule is c1ccc2cc3nc4nc5nc6cc7ccccc7cc6nc5nc4nc3cc2c1. The van der Waals surface area contributed by atoms with Gasteiger partial charge in [0.1, 0.15) is 0 Å². The highest BCUT2D eigenvalue weighted by Gasteiger charge is 2.11. The van der Waals surface area contributed by atoms with Crippen molar-refractivity contribution in [1.82, 2.24) is 29.9 Å². The molecule has 138 valence electrons. The zero-order chi connectivity index (χ0) is 19.7. The van der Waals surface area contributed by atoms with Crippen LogP contribution < -0.4 is 0 Å². The molecule has 4 aromatic carbocycles. The fourth-order valence-electron chi connectivity index (χ4n) is 3.95. The van der Waals surface area contributed by atoms with Gasteiger partial charge in [0.15, 0.2) is 0 Å². The van der Waals surface area contributed by atoms with Crippen molar-refractivity contribution >= 4 is 66.2 Å². The number of benzene rings is 4. The maximum Gasteiger partial charge on any atom is 0.200 e. The maximum atomic E-state index is 4.70. The monoisotopic (exact) mass is 384 g/mol. The topological polar surface area (TPSA) is 77.3 Å². The van der Waals surface area contributed by atoms with Crippen molar-refractivity contribution in [2.45, 2.75) is 0 Å². The van der Waals surface area contributed by atoms with E-state index in [2.05, 4.69) is 34.2 Å². The summed E-state index contributed by atoms with van der Waals surface area (Å²) in [5.74, 6) is 0. The molecule has 0 aliphatic rings. The zero-order valence-corrected chi connectivity index (χ0v) is 15.6. The first kappa shape index (κ1) is 15.6. The molecule has 3 heterocycles. The standard InChI is InChI=1S/C24H12N6/c1-2-6-14-10-18-17(9-13(14)5-1)25-21-22(26-18)30-24-23(29-21)27-19-11-15-7-3-4-8-16(15)12-20(19)28-24/h1-12H. The fourth-order valence-corrected chi connectivity index (χ4v) is 3.95. The van der Waals surface area contributed by atoms with Crippen LogP contribution in [0.3, 0.4) is 0 Å². The van der Waals surface area contributed by atoms with Crippen molar-refractivity contribution in [1.29, 1.82) is 0 Å². The summed E-state index contributed by atoms with van der Waals surface area (Å²) in [5, 5.41) is 4.46. The maximum absolute atomic E-state index is 4.70. The smallest absolute Gasteiger partial charge is 0.200 e. The molecule has 0 unspecified atom stereocenters. The van der Waals surface area contributed by atoms with Gasteiger partial charge in [0, 0.05) is 0 Å². The molecule has 0 amide bonds. The minimum Gasteiger partial charge on any atom is -0.223 e. The lowest BCUT2D eigenvalue weighted by molar-refractivity contribution is 1.20. The molecule has 0 aliphatic carbocycles. The van der Waals surface area contributed by atoms with Crippen molar-refractivity contribution in [2.24, 2.45) is 0 Å². The predicted octanol–water partition coefficient (Wildman–Crippen LogP) is 4.98. The van der Waals surface area contributed by atoms with Crippen molar-refractivity contribution < 1.29 is 0 Å². The largest absolute Gasteiger partial charge is 0.223 e. The number of fused-ring (bicyclic) bond motifs is 6. The van der Waals surface area contributed by atoms with Crippen LogP contribution in [0.2, 0.25) is 0 Å². The lowest BCUT2D eigenvalue weighted by atomic mass is 10.1. The molecule has 0 fully saturated rings. The normalized spacial score (nSPS) is 12.0. The van der Waals surface area contributed by atoms with Gasteiger partial charge in [-0.1, -0.05) is 48.5 Å². The summed E-state index contributed by atoms with van der Waals surface area (Å²) >= 11 is 0. The van der Waals surface area contributed by atoms with Crippen LogP contribution in [-0.2, 0) is 0 Å². The van der Waals surface area contributed by atoms with Gasteiger partial charge in [-0.05, 0) is 45.8 Å². The van der Waals surface area contributed by atoms with Crippen LogP contribution in [0, 0.1) is 0 Å². The van der Waals surface area contributed by atoms with E-state index in [1.54, 1.807) is 0 Å². The summed E-state index contributed by atoms with van der Waals surface area (Å²) in [4.78, 5) is 28.1. The van der Waals surface area contributed by atoms with Crippen LogP contribution in [0.4, 0.5) is 0 Å². The molecule has 0 spiro atoms. The predicted molar refractivity (Wildman–Crippen MR) is 118 cm³/mol. The highest BCUT2D eigenvalue weighted by molar-refractivity contribution is 5.99. The molecule has 6 heteroatoms. The molecule has 0 aliphatic heterocycles. The number of aromatic nitrogens is 6. The van der Waals surface area contributed by atoms with Crippen LogP contribution >= 0.6 is 0 Å². The summed E-state index contributed by atoms with van der Waals surface area (Å²) in [5.41, 5.74) is 5.03. The molecule has 0 saturated heterocycles. The van der Waals surface area contributed by atoms with Crippen molar-refractivity contribution in [3.8, 4) is 0 Å². The lowest BCUT2D eigenvalue weighted by Gasteiger charge is -2.05. The zero-order valence-electron chi connectivity index (χ0n) is 15.6. The van der Waals surface area contributed by atoms with E-state index in [0.29, 0.717) is 22.6 Å². The van der Waals surface area contributed by atoms with Gasteiger partial charge < -0.3 is 0 Å². The van der Waals surface area contributed by atoms with Gasteiger partial charge in [0.25, 0.3) is 0 Å². The van der Waals surface area contributed by atoms with Gasteiger partial charge in [0.05, 0.1) is 22.1 Å². The van der Waals surface area contributed by atoms with E-state index in [4.69, 9.17) is 19.9 Å². The van der Waals surface area contributed by atoms with Gasteiger partial charge in [0.2, 0.25) is 22.6 Å². The van der Waals surface area contributed by atoms with Gasteiger partial charge in [-0.2, -0.15) is 0 Å². The third-order valence-corrected chi connectivity index (χ3v) is 5.41. The highest BCUT2D eigenvalue weighted by atomic mass is 15.1. The van der Waals surface area contributed by atoms with Gasteiger partial charge in [-0.25, -0.2) is 29.9 Å². The van der Waals surface area contributed by atoms with Crippen molar-refractivity contribution in [3.05, 3.63) is 72.8 Å². The average Bonchev–Trinajstić information content (AvgIpc) is 2.77. The van der Waals surface area contributed by atoms with Crippen molar-refractivity contribution in [2.75, 3.05) is 0 Å². The Kier molecular flexibility index (Phi) is 2.91. The first-order valence-electron chi connectivity index (χ1n) is 9.65. The summed E-state index contributed by atoms with van der Waals surface area (Å²) in [7, 11) is 0. The average molecular weight is 384 g/mol. The Morgan fingerprint density at radius 3 is 0.867 bits per heavy atom. The van der Waals surface area contributed by atoms with Gasteiger partial charge in [-0.15, -0.1) is 0 Å². The summed E-state index contributed by atoms with van der Waals surface area (Å²) < 4.78 is 0. The van der Waals surface area contributed by atoms with E-state index in [1.165, 1.54) is 0 Å². The molecule has 0 saturated carbocycles. The molecule has 30 heavy (non-hydrogen) atoms. The van der Waals surface area contributed by atoms with E-state index in [0.717, 1.165) is 43.6 Å². The van der Waals surface area contributed by atoms with Crippen LogP contribution in [0.1, 0.15) is 0 Å². The minimum atomic E-state index is 0.472. The van der Waals surface area contributed by atoms with Crippen LogP contribution in [-0.4, -0.2) is 29.9 Å². The van der Waals surface area contributed by atoms with Crippen LogP contribution in [0.15, 0.2) is 72.8 Å². The van der Waals surface area contributed by atoms with Crippen LogP contribution in [0.5, 0.6) is 0 Å². The molecule has 6 nitrogen and oxygen atoms in total. The molecule has 0 atom stereocenters. The number of nitrogens with zero attached hydrogens (tertiary/aromatic N) is 6. The van der Waals surface area contributed by atoms with E-state index in [-0.39, 0.29) is 0 Å². The minimum absolute atomic E-state index is 0.472. The second-order valence-corrected chi connectivity index (χ2v) is 7.34. The highest BCUT2D eigenvalue weighted by Crippen LogP contribution is 2.24. The van der Waals surface area contributed by atoms with E-state index < -0.39 is 0 Å². The molecular weight excluding hydrogens is 372 g/mol. The third kappa shape index (κ3) is 2.24. The van der Waals surface area contributed by atoms with Gasteiger partial charge in [-0.3, -0.25) is 0 Å². The second-order valence-electron chi connectivity index (χ2n) is 7.34. The Labute approximate surface area is 169 Å². The Morgan fingerprint density at radius 1 is 0.333 bits per heavy atom. The number of rotatable bonds is 0. The molecule has 0 N–H and O–H groups in total. The van der Waals surface area contributed by atoms with Gasteiger partial charge >= 0.3 is 0 Å². The molecule has 0 radical (unpaired) electrons. The lowest BCUT2D eigenvalue weighted by Crippen LogP contribution is -1.98. The third-order valence-electron chi connectivity index (χ3n) is 5.41. The second kappa shape index (κ2) is 5.61. The molecular formula is C24H12N6. The van der Waals surface area contributed by atoms with E-state index >= 15 is 0 Å². The fraction of sp³-hybridized carbons (Fsp3) is 0. The van der Waals surface area contributed by atoms with E-state index in [9.17, 15) is 0 Å². The first-order chi connectivity index (χ1) is 14.8. The van der Waals surface area contributed by atoms with Crippen LogP contribution in [0.25, 0.3) is 66.2 Å². The molecule has 0 bridgehead atoms. The molecule has 3 aromatic heterocycles. The molecule has 7 rings (SSSR count). The Balaban J connectivity index is 1.54. The Morgan fingerprint density at radius 2 is 0.600 bits per heavy atom. The Hall–Kier alpha value is -4.32. The first-order valence-corrected chi connectivity index (χ1v) is 9.65. The summed E-state index contributed by atoms with van der Waals surface area (Å²) in [6.45, 7) is 0.